The Bertz CT molecular complexity index is 1140. The molecule has 0 saturated heterocycles. The molecule has 3 aromatic heterocycles. The average molecular weight is 394 g/mol. The lowest BCUT2D eigenvalue weighted by atomic mass is 10.2. The molecule has 0 spiro atoms. The summed E-state index contributed by atoms with van der Waals surface area (Å²) in [5.74, 6) is 1.94. The smallest absolute Gasteiger partial charge is 0.313 e. The van der Waals surface area contributed by atoms with Crippen molar-refractivity contribution in [1.29, 1.82) is 0 Å². The van der Waals surface area contributed by atoms with Gasteiger partial charge in [0.2, 0.25) is 0 Å². The molecule has 1 aliphatic heterocycles. The molecule has 0 aliphatic carbocycles. The van der Waals surface area contributed by atoms with E-state index in [1.54, 1.807) is 22.6 Å². The van der Waals surface area contributed by atoms with Gasteiger partial charge in [0.05, 0.1) is 27.6 Å². The lowest BCUT2D eigenvalue weighted by Gasteiger charge is -2.14. The van der Waals surface area contributed by atoms with Crippen molar-refractivity contribution in [2.45, 2.75) is 32.4 Å². The van der Waals surface area contributed by atoms with Gasteiger partial charge in [0.15, 0.2) is 5.82 Å². The molecule has 0 radical (unpaired) electrons. The van der Waals surface area contributed by atoms with Gasteiger partial charge in [0.25, 0.3) is 0 Å². The summed E-state index contributed by atoms with van der Waals surface area (Å²) in [5, 5.41) is 18.5. The number of benzene rings is 1. The van der Waals surface area contributed by atoms with Crippen molar-refractivity contribution in [3.8, 4) is 0 Å². The summed E-state index contributed by atoms with van der Waals surface area (Å²) in [4.78, 5) is 16.5. The summed E-state index contributed by atoms with van der Waals surface area (Å²) in [5.41, 5.74) is 4.05. The van der Waals surface area contributed by atoms with Crippen LogP contribution in [0.5, 0.6) is 0 Å². The number of amides is 2. The van der Waals surface area contributed by atoms with E-state index < -0.39 is 0 Å². The number of nitrogens with zero attached hydrogens (tertiary/aromatic N) is 6. The summed E-state index contributed by atoms with van der Waals surface area (Å²) in [7, 11) is 0. The van der Waals surface area contributed by atoms with Gasteiger partial charge in [-0.2, -0.15) is 5.10 Å². The SMILES string of the molecule is O=C(Nc1ccc2ncsc2c1)Nc1cnn(Cc2nnc3n2CCCC3)c1. The molecular formula is C18H18N8OS. The maximum atomic E-state index is 12.3. The molecule has 4 heterocycles. The molecule has 2 amide bonds. The highest BCUT2D eigenvalue weighted by Gasteiger charge is 2.16. The Morgan fingerprint density at radius 3 is 3.07 bits per heavy atom. The van der Waals surface area contributed by atoms with Gasteiger partial charge in [-0.1, -0.05) is 0 Å². The van der Waals surface area contributed by atoms with E-state index >= 15 is 0 Å². The Hall–Kier alpha value is -3.27. The highest BCUT2D eigenvalue weighted by Crippen LogP contribution is 2.22. The zero-order valence-electron chi connectivity index (χ0n) is 15.0. The molecule has 10 heteroatoms. The summed E-state index contributed by atoms with van der Waals surface area (Å²) in [6, 6.07) is 5.31. The largest absolute Gasteiger partial charge is 0.323 e. The van der Waals surface area contributed by atoms with E-state index in [1.165, 1.54) is 17.8 Å². The number of rotatable bonds is 4. The second kappa shape index (κ2) is 7.04. The molecule has 0 fully saturated rings. The van der Waals surface area contributed by atoms with Crippen LogP contribution in [0.1, 0.15) is 24.5 Å². The van der Waals surface area contributed by atoms with Crippen LogP contribution in [0, 0.1) is 0 Å². The standard InChI is InChI=1S/C18H18N8OS/c27-18(21-12-4-5-14-15(7-12)28-11-19-14)22-13-8-20-25(9-13)10-17-24-23-16-3-1-2-6-26(16)17/h4-5,7-9,11H,1-3,6,10H2,(H2,21,22,27). The second-order valence-electron chi connectivity index (χ2n) is 6.68. The first-order valence-corrected chi connectivity index (χ1v) is 9.97. The third-order valence-electron chi connectivity index (χ3n) is 4.72. The average Bonchev–Trinajstić information content (AvgIpc) is 3.42. The Morgan fingerprint density at radius 2 is 2.11 bits per heavy atom. The van der Waals surface area contributed by atoms with Crippen LogP contribution in [-0.2, 0) is 19.5 Å². The zero-order valence-corrected chi connectivity index (χ0v) is 15.8. The fourth-order valence-corrected chi connectivity index (χ4v) is 4.09. The van der Waals surface area contributed by atoms with Gasteiger partial charge in [-0.05, 0) is 31.0 Å². The predicted octanol–water partition coefficient (Wildman–Crippen LogP) is 3.11. The van der Waals surface area contributed by atoms with E-state index in [1.807, 2.05) is 18.2 Å². The second-order valence-corrected chi connectivity index (χ2v) is 7.57. The lowest BCUT2D eigenvalue weighted by Crippen LogP contribution is -2.19. The molecule has 0 unspecified atom stereocenters. The van der Waals surface area contributed by atoms with Crippen LogP contribution in [-0.4, -0.2) is 35.6 Å². The molecule has 0 atom stereocenters. The lowest BCUT2D eigenvalue weighted by molar-refractivity contribution is 0.262. The van der Waals surface area contributed by atoms with E-state index in [9.17, 15) is 4.79 Å². The molecule has 5 rings (SSSR count). The number of urea groups is 1. The number of carbonyl (C=O) groups is 1. The van der Waals surface area contributed by atoms with E-state index in [0.29, 0.717) is 12.2 Å². The molecule has 142 valence electrons. The number of carbonyl (C=O) groups excluding carboxylic acids is 1. The van der Waals surface area contributed by atoms with Crippen LogP contribution < -0.4 is 10.6 Å². The summed E-state index contributed by atoms with van der Waals surface area (Å²) < 4.78 is 4.95. The summed E-state index contributed by atoms with van der Waals surface area (Å²) >= 11 is 1.54. The Kier molecular flexibility index (Phi) is 4.24. The van der Waals surface area contributed by atoms with E-state index in [4.69, 9.17) is 0 Å². The van der Waals surface area contributed by atoms with Gasteiger partial charge in [-0.3, -0.25) is 4.68 Å². The van der Waals surface area contributed by atoms with Crippen molar-refractivity contribution >= 4 is 39.0 Å². The van der Waals surface area contributed by atoms with Crippen molar-refractivity contribution < 1.29 is 4.79 Å². The quantitative estimate of drug-likeness (QED) is 0.554. The molecule has 2 N–H and O–H groups in total. The number of anilines is 2. The van der Waals surface area contributed by atoms with Crippen molar-refractivity contribution in [3.05, 3.63) is 47.8 Å². The molecule has 9 nitrogen and oxygen atoms in total. The number of fused-ring (bicyclic) bond motifs is 2. The van der Waals surface area contributed by atoms with E-state index in [2.05, 4.69) is 35.5 Å². The number of aryl methyl sites for hydroxylation is 1. The molecule has 28 heavy (non-hydrogen) atoms. The maximum Gasteiger partial charge on any atom is 0.323 e. The number of hydrogen-bond acceptors (Lipinski definition) is 6. The number of nitrogens with one attached hydrogen (secondary N) is 2. The fraction of sp³-hybridized carbons (Fsp3) is 0.278. The van der Waals surface area contributed by atoms with E-state index in [-0.39, 0.29) is 6.03 Å². The fourth-order valence-electron chi connectivity index (χ4n) is 3.37. The molecule has 1 aromatic carbocycles. The van der Waals surface area contributed by atoms with Crippen molar-refractivity contribution in [2.75, 3.05) is 10.6 Å². The predicted molar refractivity (Wildman–Crippen MR) is 107 cm³/mol. The molecule has 0 bridgehead atoms. The van der Waals surface area contributed by atoms with E-state index in [0.717, 1.165) is 46.9 Å². The third-order valence-corrected chi connectivity index (χ3v) is 5.51. The third kappa shape index (κ3) is 3.33. The van der Waals surface area contributed by atoms with Crippen LogP contribution in [0.2, 0.25) is 0 Å². The zero-order chi connectivity index (χ0) is 18.9. The molecule has 0 saturated carbocycles. The minimum Gasteiger partial charge on any atom is -0.313 e. The van der Waals surface area contributed by atoms with Crippen LogP contribution in [0.3, 0.4) is 0 Å². The first kappa shape index (κ1) is 16.9. The highest BCUT2D eigenvalue weighted by molar-refractivity contribution is 7.16. The molecular weight excluding hydrogens is 376 g/mol. The minimum atomic E-state index is -0.316. The van der Waals surface area contributed by atoms with Gasteiger partial charge in [0.1, 0.15) is 12.4 Å². The monoisotopic (exact) mass is 394 g/mol. The van der Waals surface area contributed by atoms with Gasteiger partial charge < -0.3 is 15.2 Å². The normalized spacial score (nSPS) is 13.4. The first-order chi connectivity index (χ1) is 13.7. The Balaban J connectivity index is 1.23. The molecule has 4 aromatic rings. The van der Waals surface area contributed by atoms with Gasteiger partial charge in [0, 0.05) is 24.8 Å². The summed E-state index contributed by atoms with van der Waals surface area (Å²) in [6.07, 6.45) is 6.71. The van der Waals surface area contributed by atoms with Crippen molar-refractivity contribution in [3.63, 3.8) is 0 Å². The van der Waals surface area contributed by atoms with Crippen molar-refractivity contribution in [1.82, 2.24) is 29.5 Å². The topological polar surface area (TPSA) is 103 Å². The Labute approximate surface area is 164 Å². The van der Waals surface area contributed by atoms with Crippen LogP contribution in [0.15, 0.2) is 36.1 Å². The van der Waals surface area contributed by atoms with Gasteiger partial charge in [-0.25, -0.2) is 9.78 Å². The van der Waals surface area contributed by atoms with Crippen molar-refractivity contribution in [2.24, 2.45) is 0 Å². The Morgan fingerprint density at radius 1 is 1.18 bits per heavy atom. The minimum absolute atomic E-state index is 0.316. The highest BCUT2D eigenvalue weighted by atomic mass is 32.1. The van der Waals surface area contributed by atoms with Crippen LogP contribution in [0.25, 0.3) is 10.2 Å². The first-order valence-electron chi connectivity index (χ1n) is 9.09. The number of aromatic nitrogens is 6. The number of thiazole rings is 1. The number of hydrogen-bond donors (Lipinski definition) is 2. The summed E-state index contributed by atoms with van der Waals surface area (Å²) in [6.45, 7) is 1.48. The van der Waals surface area contributed by atoms with Gasteiger partial charge >= 0.3 is 6.03 Å². The van der Waals surface area contributed by atoms with Gasteiger partial charge in [-0.15, -0.1) is 21.5 Å². The molecule has 1 aliphatic rings. The maximum absolute atomic E-state index is 12.3. The van der Waals surface area contributed by atoms with Crippen LogP contribution >= 0.6 is 11.3 Å². The van der Waals surface area contributed by atoms with Crippen LogP contribution in [0.4, 0.5) is 16.2 Å².